The van der Waals surface area contributed by atoms with Crippen LogP contribution in [0.3, 0.4) is 0 Å². The van der Waals surface area contributed by atoms with E-state index in [1.54, 1.807) is 36.7 Å². The van der Waals surface area contributed by atoms with Crippen molar-refractivity contribution in [3.8, 4) is 17.0 Å². The molecule has 2 aromatic heterocycles. The standard InChI is InChI=1S/C29H25N3O5/c1-32-13-10-29-20-9-8-17(24-19(28(35)36)5-3-12-31-24)26(29)37-25-16(7-6-15(22(25)29)14-21(20)32)23-18(27(33)34)4-2-11-30-23/h2-9,11-12,17,20-21,26H,10,13-14H2,1H3,(H,33,34)(H,35,36)/t17?,20-,21+,26?,29-/m0/s1. The number of nitrogens with zero attached hydrogens (tertiary/aromatic N) is 3. The van der Waals surface area contributed by atoms with Gasteiger partial charge in [-0.25, -0.2) is 9.59 Å². The minimum atomic E-state index is -1.04. The topological polar surface area (TPSA) is 113 Å². The van der Waals surface area contributed by atoms with Crippen LogP contribution in [0.25, 0.3) is 11.3 Å². The van der Waals surface area contributed by atoms with E-state index in [-0.39, 0.29) is 34.5 Å². The monoisotopic (exact) mass is 495 g/mol. The predicted octanol–water partition coefficient (Wildman–Crippen LogP) is 3.77. The van der Waals surface area contributed by atoms with Gasteiger partial charge in [0.2, 0.25) is 0 Å². The number of ether oxygens (including phenoxy) is 1. The zero-order valence-corrected chi connectivity index (χ0v) is 20.2. The number of likely N-dealkylation sites (N-methyl/N-ethyl adjacent to an activating group) is 1. The molecule has 0 saturated carbocycles. The Labute approximate surface area is 213 Å². The second-order valence-corrected chi connectivity index (χ2v) is 10.4. The average molecular weight is 496 g/mol. The van der Waals surface area contributed by atoms with Gasteiger partial charge in [0.05, 0.1) is 28.4 Å². The first kappa shape index (κ1) is 22.2. The number of piperidine rings is 1. The molecule has 2 unspecified atom stereocenters. The SMILES string of the molecule is CN1CC[C@]23c4c5ccc(-c6ncccc6C(=O)O)c4OC2C(c2ncccc2C(=O)O)C=C[C@H]3[C@H]1C5. The van der Waals surface area contributed by atoms with Crippen LogP contribution >= 0.6 is 0 Å². The molecule has 7 rings (SSSR count). The lowest BCUT2D eigenvalue weighted by Gasteiger charge is -2.57. The van der Waals surface area contributed by atoms with Gasteiger partial charge < -0.3 is 19.8 Å². The van der Waals surface area contributed by atoms with Crippen molar-refractivity contribution < 1.29 is 24.5 Å². The van der Waals surface area contributed by atoms with E-state index in [4.69, 9.17) is 4.74 Å². The van der Waals surface area contributed by atoms with E-state index in [0.717, 1.165) is 24.9 Å². The molecule has 1 aromatic carbocycles. The molecule has 1 saturated heterocycles. The summed E-state index contributed by atoms with van der Waals surface area (Å²) in [5.74, 6) is -1.55. The van der Waals surface area contributed by atoms with Crippen LogP contribution in [0, 0.1) is 5.92 Å². The minimum Gasteiger partial charge on any atom is -0.487 e. The molecule has 5 atom stereocenters. The average Bonchev–Trinajstić information content (AvgIpc) is 3.25. The molecular weight excluding hydrogens is 470 g/mol. The summed E-state index contributed by atoms with van der Waals surface area (Å²) in [5, 5.41) is 19.8. The fourth-order valence-corrected chi connectivity index (χ4v) is 7.36. The van der Waals surface area contributed by atoms with Crippen LogP contribution in [0.15, 0.2) is 60.9 Å². The van der Waals surface area contributed by atoms with Gasteiger partial charge in [0.25, 0.3) is 0 Å². The number of carboxylic acid groups (broad SMARTS) is 2. The summed E-state index contributed by atoms with van der Waals surface area (Å²) >= 11 is 0. The van der Waals surface area contributed by atoms with Crippen LogP contribution in [-0.4, -0.2) is 62.8 Å². The highest BCUT2D eigenvalue weighted by molar-refractivity contribution is 5.96. The molecule has 8 nitrogen and oxygen atoms in total. The smallest absolute Gasteiger partial charge is 0.337 e. The summed E-state index contributed by atoms with van der Waals surface area (Å²) in [5.41, 5.74) is 3.80. The Morgan fingerprint density at radius 2 is 1.78 bits per heavy atom. The van der Waals surface area contributed by atoms with E-state index < -0.39 is 11.9 Å². The lowest BCUT2D eigenvalue weighted by atomic mass is 9.51. The fourth-order valence-electron chi connectivity index (χ4n) is 7.36. The summed E-state index contributed by atoms with van der Waals surface area (Å²) in [6.45, 7) is 0.892. The molecule has 2 bridgehead atoms. The number of rotatable bonds is 4. The van der Waals surface area contributed by atoms with Crippen molar-refractivity contribution in [3.05, 3.63) is 88.9 Å². The van der Waals surface area contributed by atoms with Gasteiger partial charge in [0.15, 0.2) is 0 Å². The maximum Gasteiger partial charge on any atom is 0.337 e. The van der Waals surface area contributed by atoms with Gasteiger partial charge in [-0.05, 0) is 62.3 Å². The van der Waals surface area contributed by atoms with Crippen molar-refractivity contribution in [3.63, 3.8) is 0 Å². The van der Waals surface area contributed by atoms with Crippen molar-refractivity contribution in [1.82, 2.24) is 14.9 Å². The molecule has 0 radical (unpaired) electrons. The first-order valence-electron chi connectivity index (χ1n) is 12.5. The van der Waals surface area contributed by atoms with Crippen molar-refractivity contribution >= 4 is 11.9 Å². The molecule has 2 N–H and O–H groups in total. The van der Waals surface area contributed by atoms with Gasteiger partial charge in [0, 0.05) is 40.9 Å². The maximum atomic E-state index is 12.1. The minimum absolute atomic E-state index is 0.121. The third kappa shape index (κ3) is 2.87. The highest BCUT2D eigenvalue weighted by Crippen LogP contribution is 2.64. The molecule has 8 heteroatoms. The first-order valence-corrected chi connectivity index (χ1v) is 12.5. The first-order chi connectivity index (χ1) is 17.9. The fraction of sp³-hybridized carbons (Fsp3) is 0.310. The van der Waals surface area contributed by atoms with Gasteiger partial charge in [-0.3, -0.25) is 9.97 Å². The number of carboxylic acids is 2. The molecular formula is C29H25N3O5. The quantitative estimate of drug-likeness (QED) is 0.526. The largest absolute Gasteiger partial charge is 0.487 e. The molecule has 2 aliphatic carbocycles. The van der Waals surface area contributed by atoms with Crippen LogP contribution in [0.4, 0.5) is 0 Å². The molecule has 0 amide bonds. The van der Waals surface area contributed by atoms with E-state index >= 15 is 0 Å². The molecule has 3 aromatic rings. The number of aromatic nitrogens is 2. The zero-order valence-electron chi connectivity index (χ0n) is 20.2. The van der Waals surface area contributed by atoms with E-state index in [0.29, 0.717) is 28.7 Å². The van der Waals surface area contributed by atoms with Crippen molar-refractivity contribution in [1.29, 1.82) is 0 Å². The normalized spacial score (nSPS) is 28.9. The molecule has 4 heterocycles. The summed E-state index contributed by atoms with van der Waals surface area (Å²) in [6.07, 6.45) is 8.91. The van der Waals surface area contributed by atoms with Crippen LogP contribution < -0.4 is 4.74 Å². The molecule has 2 aliphatic heterocycles. The van der Waals surface area contributed by atoms with Gasteiger partial charge in [-0.15, -0.1) is 0 Å². The van der Waals surface area contributed by atoms with E-state index in [9.17, 15) is 19.8 Å². The van der Waals surface area contributed by atoms with Crippen molar-refractivity contribution in [2.75, 3.05) is 13.6 Å². The summed E-state index contributed by atoms with van der Waals surface area (Å²) in [6, 6.07) is 10.7. The van der Waals surface area contributed by atoms with Crippen LogP contribution in [0.5, 0.6) is 5.75 Å². The Hall–Kier alpha value is -4.04. The Balaban J connectivity index is 1.48. The number of aromatic carboxylic acids is 2. The van der Waals surface area contributed by atoms with Crippen molar-refractivity contribution in [2.24, 2.45) is 5.92 Å². The van der Waals surface area contributed by atoms with E-state index in [1.165, 1.54) is 5.56 Å². The molecule has 1 fully saturated rings. The highest BCUT2D eigenvalue weighted by atomic mass is 16.5. The Bertz CT molecular complexity index is 1520. The van der Waals surface area contributed by atoms with Crippen LogP contribution in [0.2, 0.25) is 0 Å². The predicted molar refractivity (Wildman–Crippen MR) is 134 cm³/mol. The molecule has 4 aliphatic rings. The third-order valence-corrected chi connectivity index (χ3v) is 8.87. The molecule has 1 spiro atoms. The Morgan fingerprint density at radius 1 is 1.03 bits per heavy atom. The van der Waals surface area contributed by atoms with Gasteiger partial charge in [-0.1, -0.05) is 18.2 Å². The third-order valence-electron chi connectivity index (χ3n) is 8.87. The summed E-state index contributed by atoms with van der Waals surface area (Å²) < 4.78 is 6.90. The molecule has 37 heavy (non-hydrogen) atoms. The summed E-state index contributed by atoms with van der Waals surface area (Å²) in [7, 11) is 2.16. The Kier molecular flexibility index (Phi) is 4.63. The van der Waals surface area contributed by atoms with Crippen molar-refractivity contribution in [2.45, 2.75) is 36.3 Å². The second-order valence-electron chi connectivity index (χ2n) is 10.4. The number of pyridine rings is 2. The number of carbonyl (C=O) groups is 2. The number of benzene rings is 1. The second kappa shape index (κ2) is 7.73. The lowest BCUT2D eigenvalue weighted by molar-refractivity contribution is -0.00565. The summed E-state index contributed by atoms with van der Waals surface area (Å²) in [4.78, 5) is 35.6. The van der Waals surface area contributed by atoms with Gasteiger partial charge in [0.1, 0.15) is 11.9 Å². The number of likely N-dealkylation sites (tertiary alicyclic amines) is 1. The lowest BCUT2D eigenvalue weighted by Crippen LogP contribution is -2.63. The maximum absolute atomic E-state index is 12.1. The van der Waals surface area contributed by atoms with Crippen LogP contribution in [-0.2, 0) is 11.8 Å². The van der Waals surface area contributed by atoms with Gasteiger partial charge in [-0.2, -0.15) is 0 Å². The Morgan fingerprint density at radius 3 is 2.57 bits per heavy atom. The molecule has 186 valence electrons. The highest BCUT2D eigenvalue weighted by Gasteiger charge is 2.64. The van der Waals surface area contributed by atoms with E-state index in [2.05, 4.69) is 40.1 Å². The zero-order chi connectivity index (χ0) is 25.5. The van der Waals surface area contributed by atoms with Gasteiger partial charge >= 0.3 is 11.9 Å². The number of hydrogen-bond donors (Lipinski definition) is 2. The number of hydrogen-bond acceptors (Lipinski definition) is 6. The van der Waals surface area contributed by atoms with Crippen LogP contribution in [0.1, 0.15) is 49.9 Å². The van der Waals surface area contributed by atoms with E-state index in [1.807, 2.05) is 6.07 Å².